The number of rotatable bonds is 8. The Bertz CT molecular complexity index is 1350. The van der Waals surface area contributed by atoms with Gasteiger partial charge < -0.3 is 14.2 Å². The van der Waals surface area contributed by atoms with Gasteiger partial charge in [-0.15, -0.1) is 10.2 Å². The molecular formula is C26H28FN5O2S. The first-order chi connectivity index (χ1) is 17.1. The number of carbonyl (C=O) groups is 1. The highest BCUT2D eigenvalue weighted by Crippen LogP contribution is 2.29. The normalized spacial score (nSPS) is 14.2. The standard InChI is InChI=1S/C26H28FN5O2S/c1-18-9-10-22-20(16-18)24-25(32(22)17-19-6-2-3-7-21(19)27)28-26(30-29-24)35-15-5-4-8-23(33)31-11-13-34-14-12-31/h2-3,6-7,9-10,16H,4-5,8,11-15,17H2,1H3. The van der Waals surface area contributed by atoms with Crippen LogP contribution in [0, 0.1) is 12.7 Å². The number of benzene rings is 2. The number of unbranched alkanes of at least 4 members (excludes halogenated alkanes) is 1. The maximum Gasteiger partial charge on any atom is 0.222 e. The summed E-state index contributed by atoms with van der Waals surface area (Å²) in [4.78, 5) is 19.0. The van der Waals surface area contributed by atoms with Crippen molar-refractivity contribution in [2.75, 3.05) is 32.1 Å². The smallest absolute Gasteiger partial charge is 0.222 e. The van der Waals surface area contributed by atoms with Gasteiger partial charge in [0.2, 0.25) is 11.1 Å². The molecule has 1 fully saturated rings. The van der Waals surface area contributed by atoms with Crippen molar-refractivity contribution in [3.8, 4) is 0 Å². The Morgan fingerprint density at radius 2 is 1.94 bits per heavy atom. The fourth-order valence-corrected chi connectivity index (χ4v) is 5.17. The molecule has 1 aliphatic heterocycles. The van der Waals surface area contributed by atoms with E-state index < -0.39 is 0 Å². The van der Waals surface area contributed by atoms with Crippen LogP contribution in [0.25, 0.3) is 22.1 Å². The lowest BCUT2D eigenvalue weighted by atomic mass is 10.1. The Morgan fingerprint density at radius 3 is 2.77 bits per heavy atom. The summed E-state index contributed by atoms with van der Waals surface area (Å²) < 4.78 is 21.8. The molecule has 0 bridgehead atoms. The van der Waals surface area contributed by atoms with Crippen LogP contribution in [0.15, 0.2) is 47.6 Å². The molecular weight excluding hydrogens is 465 g/mol. The number of hydrogen-bond donors (Lipinski definition) is 0. The average Bonchev–Trinajstić information content (AvgIpc) is 3.17. The van der Waals surface area contributed by atoms with Gasteiger partial charge in [0.25, 0.3) is 0 Å². The molecule has 2 aromatic heterocycles. The van der Waals surface area contributed by atoms with Crippen molar-refractivity contribution in [1.82, 2.24) is 24.6 Å². The van der Waals surface area contributed by atoms with Crippen LogP contribution in [-0.4, -0.2) is 62.6 Å². The molecule has 5 rings (SSSR count). The number of ether oxygens (including phenoxy) is 1. The quantitative estimate of drug-likeness (QED) is 0.264. The number of carbonyl (C=O) groups excluding carboxylic acids is 1. The molecule has 3 heterocycles. The Morgan fingerprint density at radius 1 is 1.11 bits per heavy atom. The summed E-state index contributed by atoms with van der Waals surface area (Å²) >= 11 is 1.54. The Kier molecular flexibility index (Phi) is 7.24. The molecule has 1 saturated heterocycles. The van der Waals surface area contributed by atoms with Crippen LogP contribution in [0.1, 0.15) is 30.4 Å². The van der Waals surface area contributed by atoms with E-state index in [0.717, 1.165) is 40.6 Å². The van der Waals surface area contributed by atoms with Crippen molar-refractivity contribution >= 4 is 39.7 Å². The third-order valence-electron chi connectivity index (χ3n) is 6.27. The topological polar surface area (TPSA) is 73.1 Å². The van der Waals surface area contributed by atoms with Crippen molar-refractivity contribution in [2.24, 2.45) is 0 Å². The lowest BCUT2D eigenvalue weighted by Gasteiger charge is -2.26. The molecule has 35 heavy (non-hydrogen) atoms. The van der Waals surface area contributed by atoms with Crippen LogP contribution in [0.5, 0.6) is 0 Å². The number of aromatic nitrogens is 4. The summed E-state index contributed by atoms with van der Waals surface area (Å²) in [6, 6.07) is 13.0. The fraction of sp³-hybridized carbons (Fsp3) is 0.385. The Balaban J connectivity index is 1.30. The van der Waals surface area contributed by atoms with Gasteiger partial charge in [-0.25, -0.2) is 9.37 Å². The first kappa shape index (κ1) is 23.7. The number of nitrogens with zero attached hydrogens (tertiary/aromatic N) is 5. The predicted molar refractivity (Wildman–Crippen MR) is 135 cm³/mol. The van der Waals surface area contributed by atoms with E-state index in [-0.39, 0.29) is 11.7 Å². The predicted octanol–water partition coefficient (Wildman–Crippen LogP) is 4.60. The van der Waals surface area contributed by atoms with Gasteiger partial charge >= 0.3 is 0 Å². The molecule has 7 nitrogen and oxygen atoms in total. The van der Waals surface area contributed by atoms with Crippen molar-refractivity contribution in [1.29, 1.82) is 0 Å². The van der Waals surface area contributed by atoms with Gasteiger partial charge in [0, 0.05) is 36.2 Å². The monoisotopic (exact) mass is 493 g/mol. The van der Waals surface area contributed by atoms with Gasteiger partial charge in [0.1, 0.15) is 11.3 Å². The van der Waals surface area contributed by atoms with E-state index in [9.17, 15) is 9.18 Å². The molecule has 0 N–H and O–H groups in total. The largest absolute Gasteiger partial charge is 0.378 e. The second-order valence-electron chi connectivity index (χ2n) is 8.76. The molecule has 2 aromatic carbocycles. The fourth-order valence-electron chi connectivity index (χ4n) is 4.39. The van der Waals surface area contributed by atoms with Crippen LogP contribution in [-0.2, 0) is 16.1 Å². The summed E-state index contributed by atoms with van der Waals surface area (Å²) in [5.74, 6) is 0.763. The summed E-state index contributed by atoms with van der Waals surface area (Å²) in [7, 11) is 0. The molecule has 0 atom stereocenters. The molecule has 0 spiro atoms. The van der Waals surface area contributed by atoms with Gasteiger partial charge in [-0.1, -0.05) is 41.6 Å². The molecule has 9 heteroatoms. The first-order valence-corrected chi connectivity index (χ1v) is 12.9. The first-order valence-electron chi connectivity index (χ1n) is 11.9. The van der Waals surface area contributed by atoms with Crippen LogP contribution < -0.4 is 0 Å². The third kappa shape index (κ3) is 5.31. The van der Waals surface area contributed by atoms with Crippen LogP contribution in [0.4, 0.5) is 4.39 Å². The van der Waals surface area contributed by atoms with E-state index >= 15 is 0 Å². The minimum Gasteiger partial charge on any atom is -0.378 e. The van der Waals surface area contributed by atoms with Gasteiger partial charge in [0.05, 0.1) is 25.3 Å². The Labute approximate surface area is 207 Å². The van der Waals surface area contributed by atoms with Crippen molar-refractivity contribution in [3.63, 3.8) is 0 Å². The zero-order valence-corrected chi connectivity index (χ0v) is 20.6. The molecule has 0 aliphatic carbocycles. The zero-order valence-electron chi connectivity index (χ0n) is 19.7. The highest BCUT2D eigenvalue weighted by atomic mass is 32.2. The Hall–Kier alpha value is -3.04. The summed E-state index contributed by atoms with van der Waals surface area (Å²) in [6.07, 6.45) is 2.26. The molecule has 1 aliphatic rings. The SMILES string of the molecule is Cc1ccc2c(c1)c1nnc(SCCCCC(=O)N3CCOCC3)nc1n2Cc1ccccc1F. The lowest BCUT2D eigenvalue weighted by molar-refractivity contribution is -0.135. The average molecular weight is 494 g/mol. The summed E-state index contributed by atoms with van der Waals surface area (Å²) in [6.45, 7) is 5.03. The van der Waals surface area contributed by atoms with Gasteiger partial charge in [-0.2, -0.15) is 0 Å². The number of thioether (sulfide) groups is 1. The molecule has 0 radical (unpaired) electrons. The zero-order chi connectivity index (χ0) is 24.2. The van der Waals surface area contributed by atoms with E-state index in [1.165, 1.54) is 17.8 Å². The van der Waals surface area contributed by atoms with Gasteiger partial charge in [-0.3, -0.25) is 4.79 Å². The van der Waals surface area contributed by atoms with E-state index in [4.69, 9.17) is 9.72 Å². The van der Waals surface area contributed by atoms with Gasteiger partial charge in [-0.05, 0) is 38.0 Å². The number of aryl methyl sites for hydroxylation is 1. The number of halogens is 1. The number of amides is 1. The number of morpholine rings is 1. The summed E-state index contributed by atoms with van der Waals surface area (Å²) in [5.41, 5.74) is 4.10. The number of hydrogen-bond acceptors (Lipinski definition) is 6. The second kappa shape index (κ2) is 10.7. The highest BCUT2D eigenvalue weighted by Gasteiger charge is 2.18. The molecule has 0 saturated carbocycles. The van der Waals surface area contributed by atoms with E-state index in [1.54, 1.807) is 12.1 Å². The minimum atomic E-state index is -0.238. The van der Waals surface area contributed by atoms with E-state index in [0.29, 0.717) is 55.6 Å². The molecule has 1 amide bonds. The van der Waals surface area contributed by atoms with Crippen LogP contribution in [0.3, 0.4) is 0 Å². The molecule has 4 aromatic rings. The second-order valence-corrected chi connectivity index (χ2v) is 9.83. The van der Waals surface area contributed by atoms with Crippen LogP contribution >= 0.6 is 11.8 Å². The van der Waals surface area contributed by atoms with Crippen LogP contribution in [0.2, 0.25) is 0 Å². The highest BCUT2D eigenvalue weighted by molar-refractivity contribution is 7.99. The van der Waals surface area contributed by atoms with Crippen molar-refractivity contribution < 1.29 is 13.9 Å². The maximum atomic E-state index is 14.4. The maximum absolute atomic E-state index is 14.4. The molecule has 182 valence electrons. The molecule has 0 unspecified atom stereocenters. The van der Waals surface area contributed by atoms with Crippen molar-refractivity contribution in [3.05, 3.63) is 59.4 Å². The van der Waals surface area contributed by atoms with E-state index in [2.05, 4.69) is 16.3 Å². The minimum absolute atomic E-state index is 0.200. The van der Waals surface area contributed by atoms with Gasteiger partial charge in [0.15, 0.2) is 5.65 Å². The third-order valence-corrected chi connectivity index (χ3v) is 7.19. The van der Waals surface area contributed by atoms with E-state index in [1.807, 2.05) is 34.6 Å². The number of fused-ring (bicyclic) bond motifs is 3. The summed E-state index contributed by atoms with van der Waals surface area (Å²) in [5, 5.41) is 10.4. The lowest BCUT2D eigenvalue weighted by Crippen LogP contribution is -2.40. The van der Waals surface area contributed by atoms with Crippen molar-refractivity contribution in [2.45, 2.75) is 37.9 Å².